The van der Waals surface area contributed by atoms with E-state index in [9.17, 15) is 22.8 Å². The molecule has 0 aliphatic rings. The van der Waals surface area contributed by atoms with Crippen molar-refractivity contribution in [2.45, 2.75) is 6.18 Å². The summed E-state index contributed by atoms with van der Waals surface area (Å²) in [5, 5.41) is 6.91. The van der Waals surface area contributed by atoms with Gasteiger partial charge in [0.25, 0.3) is 0 Å². The second-order valence-electron chi connectivity index (χ2n) is 6.49. The monoisotopic (exact) mass is 382 g/mol. The van der Waals surface area contributed by atoms with Crippen LogP contribution in [-0.2, 0) is 4.79 Å². The third kappa shape index (κ3) is 3.22. The smallest absolute Gasteiger partial charge is 0.366 e. The van der Waals surface area contributed by atoms with E-state index in [0.717, 1.165) is 26.9 Å². The number of primary amides is 1. The van der Waals surface area contributed by atoms with Crippen molar-refractivity contribution in [2.24, 2.45) is 5.73 Å². The Labute approximate surface area is 156 Å². The topological polar surface area (TPSA) is 72.2 Å². The van der Waals surface area contributed by atoms with Crippen LogP contribution in [0, 0.1) is 0 Å². The van der Waals surface area contributed by atoms with Gasteiger partial charge in [0.1, 0.15) is 0 Å². The molecule has 0 unspecified atom stereocenters. The lowest BCUT2D eigenvalue weighted by atomic mass is 9.98. The van der Waals surface area contributed by atoms with Crippen molar-refractivity contribution in [2.75, 3.05) is 5.32 Å². The number of rotatable bonds is 2. The van der Waals surface area contributed by atoms with Gasteiger partial charge in [-0.3, -0.25) is 9.59 Å². The molecule has 0 atom stereocenters. The van der Waals surface area contributed by atoms with Crippen molar-refractivity contribution in [1.82, 2.24) is 0 Å². The molecule has 4 aromatic carbocycles. The molecule has 0 fully saturated rings. The molecule has 140 valence electrons. The minimum absolute atomic E-state index is 0.0611. The summed E-state index contributed by atoms with van der Waals surface area (Å²) in [6.07, 6.45) is -4.95. The average molecular weight is 382 g/mol. The normalized spacial score (nSPS) is 11.8. The Kier molecular flexibility index (Phi) is 3.96. The number of alkyl halides is 3. The molecule has 4 rings (SSSR count). The van der Waals surface area contributed by atoms with Gasteiger partial charge in [0, 0.05) is 11.3 Å². The van der Waals surface area contributed by atoms with Crippen molar-refractivity contribution < 1.29 is 22.8 Å². The van der Waals surface area contributed by atoms with Crippen molar-refractivity contribution in [3.05, 3.63) is 66.2 Å². The predicted octanol–water partition coefficient (Wildman–Crippen LogP) is 4.75. The van der Waals surface area contributed by atoms with Crippen molar-refractivity contribution >= 4 is 49.8 Å². The lowest BCUT2D eigenvalue weighted by molar-refractivity contribution is -0.167. The summed E-state index contributed by atoms with van der Waals surface area (Å²) in [5.41, 5.74) is 5.78. The van der Waals surface area contributed by atoms with Crippen molar-refractivity contribution in [3.8, 4) is 0 Å². The van der Waals surface area contributed by atoms with E-state index >= 15 is 0 Å². The van der Waals surface area contributed by atoms with Gasteiger partial charge in [-0.2, -0.15) is 13.2 Å². The number of halogens is 3. The van der Waals surface area contributed by atoms with E-state index in [2.05, 4.69) is 0 Å². The molecular weight excluding hydrogens is 369 g/mol. The molecule has 4 nitrogen and oxygen atoms in total. The zero-order valence-corrected chi connectivity index (χ0v) is 14.3. The molecule has 0 saturated carbocycles. The van der Waals surface area contributed by atoms with E-state index in [1.807, 2.05) is 35.6 Å². The molecule has 0 saturated heterocycles. The van der Waals surface area contributed by atoms with Crippen LogP contribution in [0.4, 0.5) is 18.9 Å². The van der Waals surface area contributed by atoms with Gasteiger partial charge < -0.3 is 11.1 Å². The standard InChI is InChI=1S/C21H13F3N2O2/c22-21(23,24)20(28)26-18-4-3-12-6-15-5-11-1-2-13(19(25)27)7-14(11)8-16(15)9-17(12)10-18/h1-10H,(H2,25,27)(H,26,28). The summed E-state index contributed by atoms with van der Waals surface area (Å²) in [7, 11) is 0. The highest BCUT2D eigenvalue weighted by Crippen LogP contribution is 2.30. The molecule has 0 aromatic heterocycles. The van der Waals surface area contributed by atoms with Gasteiger partial charge in [-0.1, -0.05) is 12.1 Å². The van der Waals surface area contributed by atoms with Crippen LogP contribution < -0.4 is 11.1 Å². The molecule has 0 spiro atoms. The van der Waals surface area contributed by atoms with E-state index in [4.69, 9.17) is 5.73 Å². The van der Waals surface area contributed by atoms with Crippen LogP contribution in [0.2, 0.25) is 0 Å². The molecule has 28 heavy (non-hydrogen) atoms. The molecular formula is C21H13F3N2O2. The van der Waals surface area contributed by atoms with Crippen LogP contribution in [-0.4, -0.2) is 18.0 Å². The van der Waals surface area contributed by atoms with Crippen LogP contribution in [0.15, 0.2) is 60.7 Å². The van der Waals surface area contributed by atoms with E-state index in [0.29, 0.717) is 10.9 Å². The number of carbonyl (C=O) groups is 2. The Bertz CT molecular complexity index is 1280. The average Bonchev–Trinajstić information content (AvgIpc) is 2.63. The van der Waals surface area contributed by atoms with Crippen molar-refractivity contribution in [1.29, 1.82) is 0 Å². The first-order valence-electron chi connectivity index (χ1n) is 8.30. The summed E-state index contributed by atoms with van der Waals surface area (Å²) < 4.78 is 37.3. The Morgan fingerprint density at radius 3 is 1.79 bits per heavy atom. The zero-order valence-electron chi connectivity index (χ0n) is 14.3. The quantitative estimate of drug-likeness (QED) is 0.491. The van der Waals surface area contributed by atoms with Crippen LogP contribution in [0.3, 0.4) is 0 Å². The lowest BCUT2D eigenvalue weighted by Gasteiger charge is -2.10. The van der Waals surface area contributed by atoms with Gasteiger partial charge in [0.05, 0.1) is 0 Å². The number of hydrogen-bond donors (Lipinski definition) is 2. The molecule has 0 aliphatic carbocycles. The third-order valence-electron chi connectivity index (χ3n) is 4.55. The summed E-state index contributed by atoms with van der Waals surface area (Å²) in [6.45, 7) is 0. The second-order valence-corrected chi connectivity index (χ2v) is 6.49. The number of amides is 2. The van der Waals surface area contributed by atoms with E-state index < -0.39 is 18.0 Å². The van der Waals surface area contributed by atoms with Gasteiger partial charge in [-0.05, 0) is 80.8 Å². The summed E-state index contributed by atoms with van der Waals surface area (Å²) >= 11 is 0. The van der Waals surface area contributed by atoms with Gasteiger partial charge >= 0.3 is 12.1 Å². The Morgan fingerprint density at radius 2 is 1.21 bits per heavy atom. The molecule has 3 N–H and O–H groups in total. The zero-order chi connectivity index (χ0) is 20.1. The Balaban J connectivity index is 1.82. The van der Waals surface area contributed by atoms with Gasteiger partial charge in [-0.15, -0.1) is 0 Å². The van der Waals surface area contributed by atoms with Crippen LogP contribution in [0.1, 0.15) is 10.4 Å². The number of benzene rings is 4. The number of anilines is 1. The predicted molar refractivity (Wildman–Crippen MR) is 102 cm³/mol. The first kappa shape index (κ1) is 17.8. The number of nitrogens with one attached hydrogen (secondary N) is 1. The fourth-order valence-corrected chi connectivity index (χ4v) is 3.18. The number of carbonyl (C=O) groups excluding carboxylic acids is 2. The minimum Gasteiger partial charge on any atom is -0.366 e. The van der Waals surface area contributed by atoms with Gasteiger partial charge in [-0.25, -0.2) is 0 Å². The summed E-state index contributed by atoms with van der Waals surface area (Å²) in [6, 6.07) is 17.3. The fraction of sp³-hybridized carbons (Fsp3) is 0.0476. The highest BCUT2D eigenvalue weighted by molar-refractivity contribution is 6.07. The van der Waals surface area contributed by atoms with Crippen molar-refractivity contribution in [3.63, 3.8) is 0 Å². The molecule has 0 aliphatic heterocycles. The van der Waals surface area contributed by atoms with Crippen LogP contribution in [0.5, 0.6) is 0 Å². The first-order chi connectivity index (χ1) is 13.2. The number of hydrogen-bond acceptors (Lipinski definition) is 2. The van der Waals surface area contributed by atoms with E-state index in [-0.39, 0.29) is 5.69 Å². The summed E-state index contributed by atoms with van der Waals surface area (Å²) in [4.78, 5) is 22.5. The van der Waals surface area contributed by atoms with Crippen LogP contribution in [0.25, 0.3) is 32.3 Å². The molecule has 0 radical (unpaired) electrons. The minimum atomic E-state index is -4.95. The van der Waals surface area contributed by atoms with E-state index in [1.54, 1.807) is 18.2 Å². The molecule has 0 heterocycles. The van der Waals surface area contributed by atoms with Gasteiger partial charge in [0.2, 0.25) is 5.91 Å². The highest BCUT2D eigenvalue weighted by Gasteiger charge is 2.38. The second kappa shape index (κ2) is 6.23. The van der Waals surface area contributed by atoms with E-state index in [1.165, 1.54) is 12.1 Å². The first-order valence-corrected chi connectivity index (χ1v) is 8.30. The number of nitrogens with two attached hydrogens (primary N) is 1. The maximum absolute atomic E-state index is 12.4. The molecule has 2 amide bonds. The van der Waals surface area contributed by atoms with Crippen LogP contribution >= 0.6 is 0 Å². The Hall–Kier alpha value is -3.61. The van der Waals surface area contributed by atoms with Gasteiger partial charge in [0.15, 0.2) is 0 Å². The largest absolute Gasteiger partial charge is 0.471 e. The fourth-order valence-electron chi connectivity index (χ4n) is 3.18. The SMILES string of the molecule is NC(=O)c1ccc2cc3cc4ccc(NC(=O)C(F)(F)F)cc4cc3cc2c1. The molecule has 7 heteroatoms. The maximum atomic E-state index is 12.4. The lowest BCUT2D eigenvalue weighted by Crippen LogP contribution is -2.29. The summed E-state index contributed by atoms with van der Waals surface area (Å²) in [5.74, 6) is -2.54. The molecule has 0 bridgehead atoms. The number of fused-ring (bicyclic) bond motifs is 3. The third-order valence-corrected chi connectivity index (χ3v) is 4.55. The highest BCUT2D eigenvalue weighted by atomic mass is 19.4. The molecule has 4 aromatic rings. The maximum Gasteiger partial charge on any atom is 0.471 e. The Morgan fingerprint density at radius 1 is 0.714 bits per heavy atom.